The Bertz CT molecular complexity index is 809. The molecule has 170 valence electrons. The summed E-state index contributed by atoms with van der Waals surface area (Å²) in [5, 5.41) is 0. The summed E-state index contributed by atoms with van der Waals surface area (Å²) >= 11 is 0. The highest BCUT2D eigenvalue weighted by atomic mass is 16.1. The van der Waals surface area contributed by atoms with Gasteiger partial charge in [-0.1, -0.05) is 123 Å². The molecule has 0 spiro atoms. The maximum Gasteiger partial charge on any atom is 0.232 e. The quantitative estimate of drug-likeness (QED) is 0.229. The fourth-order valence-electron chi connectivity index (χ4n) is 4.14. The number of primary amides is 1. The second kappa shape index (κ2) is 15.0. The Labute approximate surface area is 194 Å². The molecule has 2 heteroatoms. The largest absolute Gasteiger partial charge is 0.369 e. The molecule has 0 saturated carbocycles. The first-order valence-corrected chi connectivity index (χ1v) is 12.1. The number of hydrogen-bond donors (Lipinski definition) is 1. The van der Waals surface area contributed by atoms with Gasteiger partial charge in [-0.15, -0.1) is 0 Å². The summed E-state index contributed by atoms with van der Waals surface area (Å²) in [6.45, 7) is 2.16. The molecule has 0 atom stereocenters. The van der Waals surface area contributed by atoms with Gasteiger partial charge in [-0.3, -0.25) is 4.79 Å². The molecular weight excluding hydrogens is 390 g/mol. The Kier molecular flexibility index (Phi) is 11.9. The molecular formula is C30H39NO. The van der Waals surface area contributed by atoms with E-state index in [2.05, 4.69) is 43.4 Å². The van der Waals surface area contributed by atoms with Gasteiger partial charge in [0.1, 0.15) is 0 Å². The van der Waals surface area contributed by atoms with E-state index < -0.39 is 5.41 Å². The van der Waals surface area contributed by atoms with E-state index in [1.807, 2.05) is 60.7 Å². The van der Waals surface area contributed by atoms with Crippen molar-refractivity contribution in [2.24, 2.45) is 5.73 Å². The molecule has 2 rings (SSSR count). The Morgan fingerprint density at radius 2 is 1.22 bits per heavy atom. The van der Waals surface area contributed by atoms with Gasteiger partial charge in [0.25, 0.3) is 0 Å². The summed E-state index contributed by atoms with van der Waals surface area (Å²) in [7, 11) is 0. The van der Waals surface area contributed by atoms with E-state index in [-0.39, 0.29) is 5.91 Å². The average Bonchev–Trinajstić information content (AvgIpc) is 2.83. The minimum Gasteiger partial charge on any atom is -0.369 e. The Hall–Kier alpha value is -2.87. The highest BCUT2D eigenvalue weighted by Crippen LogP contribution is 2.37. The first-order chi connectivity index (χ1) is 15.7. The molecule has 2 aromatic rings. The van der Waals surface area contributed by atoms with Gasteiger partial charge in [0.15, 0.2) is 0 Å². The molecule has 1 amide bonds. The molecule has 0 aliphatic rings. The second-order valence-corrected chi connectivity index (χ2v) is 8.25. The van der Waals surface area contributed by atoms with Crippen LogP contribution in [0.1, 0.15) is 75.8 Å². The predicted octanol–water partition coefficient (Wildman–Crippen LogP) is 7.66. The van der Waals surface area contributed by atoms with Crippen molar-refractivity contribution in [1.29, 1.82) is 0 Å². The number of hydrogen-bond acceptors (Lipinski definition) is 1. The normalized spacial score (nSPS) is 12.3. The summed E-state index contributed by atoms with van der Waals surface area (Å²) in [5.41, 5.74) is 7.24. The van der Waals surface area contributed by atoms with Gasteiger partial charge in [-0.2, -0.15) is 0 Å². The van der Waals surface area contributed by atoms with Crippen molar-refractivity contribution in [3.8, 4) is 0 Å². The number of amides is 1. The van der Waals surface area contributed by atoms with Crippen LogP contribution in [0, 0.1) is 0 Å². The third kappa shape index (κ3) is 8.00. The van der Waals surface area contributed by atoms with E-state index in [1.165, 1.54) is 12.8 Å². The first-order valence-electron chi connectivity index (χ1n) is 12.1. The molecule has 0 radical (unpaired) electrons. The van der Waals surface area contributed by atoms with Crippen LogP contribution in [0.5, 0.6) is 0 Å². The summed E-state index contributed by atoms with van der Waals surface area (Å²) < 4.78 is 0. The molecule has 0 fully saturated rings. The lowest BCUT2D eigenvalue weighted by Gasteiger charge is -2.32. The monoisotopic (exact) mass is 429 g/mol. The number of benzene rings is 2. The molecule has 2 aromatic carbocycles. The van der Waals surface area contributed by atoms with Crippen LogP contribution in [0.4, 0.5) is 0 Å². The minimum absolute atomic E-state index is 0.268. The number of nitrogens with two attached hydrogens (primary N) is 1. The van der Waals surface area contributed by atoms with Crippen molar-refractivity contribution < 1.29 is 4.79 Å². The van der Waals surface area contributed by atoms with Crippen molar-refractivity contribution in [1.82, 2.24) is 0 Å². The van der Waals surface area contributed by atoms with Crippen LogP contribution in [0.2, 0.25) is 0 Å². The van der Waals surface area contributed by atoms with E-state index >= 15 is 0 Å². The molecule has 2 nitrogen and oxygen atoms in total. The smallest absolute Gasteiger partial charge is 0.232 e. The van der Waals surface area contributed by atoms with Crippen LogP contribution in [0.15, 0.2) is 97.1 Å². The van der Waals surface area contributed by atoms with E-state index in [1.54, 1.807) is 0 Å². The lowest BCUT2D eigenvalue weighted by molar-refractivity contribution is -0.122. The third-order valence-electron chi connectivity index (χ3n) is 5.91. The molecule has 0 bridgehead atoms. The number of carbonyl (C=O) groups is 1. The number of unbranched alkanes of at least 4 members (excludes halogenated alkanes) is 4. The summed E-state index contributed by atoms with van der Waals surface area (Å²) in [5.74, 6) is -0.268. The van der Waals surface area contributed by atoms with E-state index in [9.17, 15) is 4.79 Å². The van der Waals surface area contributed by atoms with Crippen LogP contribution < -0.4 is 5.73 Å². The second-order valence-electron chi connectivity index (χ2n) is 8.25. The van der Waals surface area contributed by atoms with Crippen LogP contribution in [0.3, 0.4) is 0 Å². The molecule has 2 N–H and O–H groups in total. The topological polar surface area (TPSA) is 43.1 Å². The van der Waals surface area contributed by atoms with Crippen molar-refractivity contribution in [2.75, 3.05) is 0 Å². The lowest BCUT2D eigenvalue weighted by Crippen LogP contribution is -2.42. The van der Waals surface area contributed by atoms with E-state index in [0.29, 0.717) is 0 Å². The Balaban J connectivity index is 1.81. The zero-order valence-corrected chi connectivity index (χ0v) is 19.6. The highest BCUT2D eigenvalue weighted by molar-refractivity contribution is 5.90. The third-order valence-corrected chi connectivity index (χ3v) is 5.91. The van der Waals surface area contributed by atoms with Gasteiger partial charge in [0, 0.05) is 0 Å². The number of rotatable bonds is 15. The van der Waals surface area contributed by atoms with Crippen LogP contribution in [-0.4, -0.2) is 5.91 Å². The molecule has 0 heterocycles. The van der Waals surface area contributed by atoms with Crippen molar-refractivity contribution in [3.63, 3.8) is 0 Å². The fourth-order valence-corrected chi connectivity index (χ4v) is 4.14. The van der Waals surface area contributed by atoms with E-state index in [4.69, 9.17) is 5.73 Å². The van der Waals surface area contributed by atoms with Gasteiger partial charge in [-0.05, 0) is 49.7 Å². The minimum atomic E-state index is -0.763. The SMILES string of the molecule is CC/C=C\C/C=C\C/C=C\CCCCCCC(C(N)=O)(c1ccccc1)c1ccccc1. The van der Waals surface area contributed by atoms with Crippen LogP contribution >= 0.6 is 0 Å². The Morgan fingerprint density at radius 1 is 0.719 bits per heavy atom. The fraction of sp³-hybridized carbons (Fsp3) is 0.367. The molecule has 0 aliphatic heterocycles. The van der Waals surface area contributed by atoms with Gasteiger partial charge in [0.05, 0.1) is 5.41 Å². The summed E-state index contributed by atoms with van der Waals surface area (Å²) in [6.07, 6.45) is 22.8. The van der Waals surface area contributed by atoms with Crippen LogP contribution in [0.25, 0.3) is 0 Å². The number of allylic oxidation sites excluding steroid dienone is 6. The highest BCUT2D eigenvalue weighted by Gasteiger charge is 2.39. The predicted molar refractivity (Wildman–Crippen MR) is 138 cm³/mol. The van der Waals surface area contributed by atoms with Crippen molar-refractivity contribution in [3.05, 3.63) is 108 Å². The first kappa shape index (κ1) is 25.4. The van der Waals surface area contributed by atoms with Crippen molar-refractivity contribution >= 4 is 5.91 Å². The molecule has 0 aromatic heterocycles. The maximum absolute atomic E-state index is 12.8. The van der Waals surface area contributed by atoms with Crippen molar-refractivity contribution in [2.45, 2.75) is 70.1 Å². The maximum atomic E-state index is 12.8. The molecule has 0 saturated heterocycles. The standard InChI is InChI=1S/C30H39NO/c1-2-3-4-5-6-7-8-9-10-11-12-13-14-21-26-30(29(31)32,27-22-17-15-18-23-27)28-24-19-16-20-25-28/h3-4,6-7,9-10,15-20,22-25H,2,5,8,11-14,21,26H2,1H3,(H2,31,32)/b4-3-,7-6-,10-9-. The summed E-state index contributed by atoms with van der Waals surface area (Å²) in [4.78, 5) is 12.8. The molecule has 0 unspecified atom stereocenters. The zero-order valence-electron chi connectivity index (χ0n) is 19.6. The lowest BCUT2D eigenvalue weighted by atomic mass is 9.70. The van der Waals surface area contributed by atoms with Crippen LogP contribution in [-0.2, 0) is 10.2 Å². The van der Waals surface area contributed by atoms with Gasteiger partial charge < -0.3 is 5.73 Å². The van der Waals surface area contributed by atoms with E-state index in [0.717, 1.165) is 56.1 Å². The zero-order chi connectivity index (χ0) is 22.9. The van der Waals surface area contributed by atoms with Gasteiger partial charge in [0.2, 0.25) is 5.91 Å². The summed E-state index contributed by atoms with van der Waals surface area (Å²) in [6, 6.07) is 20.0. The van der Waals surface area contributed by atoms with Gasteiger partial charge >= 0.3 is 0 Å². The number of carbonyl (C=O) groups excluding carboxylic acids is 1. The average molecular weight is 430 g/mol. The Morgan fingerprint density at radius 3 is 1.75 bits per heavy atom. The molecule has 0 aliphatic carbocycles. The van der Waals surface area contributed by atoms with Gasteiger partial charge in [-0.25, -0.2) is 0 Å². The molecule has 32 heavy (non-hydrogen) atoms.